The maximum absolute atomic E-state index is 12.4. The van der Waals surface area contributed by atoms with E-state index in [0.29, 0.717) is 10.7 Å². The molecule has 1 rings (SSSR count). The number of sulfonamides is 1. The molecule has 5 nitrogen and oxygen atoms in total. The molecule has 0 aliphatic heterocycles. The summed E-state index contributed by atoms with van der Waals surface area (Å²) in [5, 5.41) is 3.33. The summed E-state index contributed by atoms with van der Waals surface area (Å²) >= 11 is 5.93. The van der Waals surface area contributed by atoms with E-state index < -0.39 is 15.6 Å². The molecule has 0 unspecified atom stereocenters. The molecule has 0 radical (unpaired) electrons. The fourth-order valence-electron chi connectivity index (χ4n) is 2.95. The van der Waals surface area contributed by atoms with Gasteiger partial charge in [0.15, 0.2) is 0 Å². The highest BCUT2D eigenvalue weighted by Gasteiger charge is 2.29. The average Bonchev–Trinajstić information content (AvgIpc) is 2.30. The Balaban J connectivity index is 2.95. The Morgan fingerprint density at radius 2 is 1.79 bits per heavy atom. The Morgan fingerprint density at radius 1 is 1.21 bits per heavy atom. The molecule has 1 amide bonds. The van der Waals surface area contributed by atoms with Crippen LogP contribution >= 0.6 is 11.6 Å². The van der Waals surface area contributed by atoms with Gasteiger partial charge in [-0.3, -0.25) is 9.10 Å². The van der Waals surface area contributed by atoms with Gasteiger partial charge in [0, 0.05) is 10.6 Å². The van der Waals surface area contributed by atoms with Crippen molar-refractivity contribution in [2.24, 2.45) is 5.41 Å². The highest BCUT2D eigenvalue weighted by Crippen LogP contribution is 2.27. The molecule has 0 atom stereocenters. The lowest BCUT2D eigenvalue weighted by Gasteiger charge is -2.34. The van der Waals surface area contributed by atoms with Crippen molar-refractivity contribution in [3.8, 4) is 0 Å². The molecule has 0 aromatic heterocycles. The van der Waals surface area contributed by atoms with Crippen LogP contribution in [0.15, 0.2) is 24.3 Å². The Bertz CT molecular complexity index is 694. The molecule has 0 aliphatic carbocycles. The molecule has 1 N–H and O–H groups in total. The maximum atomic E-state index is 12.4. The highest BCUT2D eigenvalue weighted by atomic mass is 35.5. The van der Waals surface area contributed by atoms with Gasteiger partial charge in [0.05, 0.1) is 11.9 Å². The molecule has 0 spiro atoms. The quantitative estimate of drug-likeness (QED) is 0.829. The lowest BCUT2D eigenvalue weighted by molar-refractivity contribution is -0.121. The Kier molecular flexibility index (Phi) is 6.33. The van der Waals surface area contributed by atoms with Crippen LogP contribution in [0.5, 0.6) is 0 Å². The molecule has 0 saturated carbocycles. The first-order valence-electron chi connectivity index (χ1n) is 7.74. The molecule has 0 aliphatic rings. The third-order valence-electron chi connectivity index (χ3n) is 3.23. The molecule has 0 heterocycles. The van der Waals surface area contributed by atoms with Crippen LogP contribution in [0.2, 0.25) is 5.02 Å². The number of hydrogen-bond donors (Lipinski definition) is 1. The number of carbonyl (C=O) groups excluding carboxylic acids is 1. The molecule has 7 heteroatoms. The van der Waals surface area contributed by atoms with Crippen molar-refractivity contribution in [2.45, 2.75) is 46.6 Å². The third kappa shape index (κ3) is 7.09. The van der Waals surface area contributed by atoms with E-state index in [-0.39, 0.29) is 17.9 Å². The first-order valence-corrected chi connectivity index (χ1v) is 9.97. The summed E-state index contributed by atoms with van der Waals surface area (Å²) in [5.74, 6) is -0.352. The normalized spacial score (nSPS) is 12.8. The van der Waals surface area contributed by atoms with Gasteiger partial charge >= 0.3 is 0 Å². The minimum absolute atomic E-state index is 0.0419. The van der Waals surface area contributed by atoms with Gasteiger partial charge in [0.1, 0.15) is 6.54 Å². The second-order valence-electron chi connectivity index (χ2n) is 7.92. The SMILES string of the molecule is CC(C)(C)CC(C)(C)NC(=O)CN(c1cccc(Cl)c1)S(C)(=O)=O. The number of halogens is 1. The zero-order valence-corrected chi connectivity index (χ0v) is 16.8. The fourth-order valence-corrected chi connectivity index (χ4v) is 3.98. The van der Waals surface area contributed by atoms with E-state index in [1.54, 1.807) is 18.2 Å². The van der Waals surface area contributed by atoms with Crippen LogP contribution < -0.4 is 9.62 Å². The van der Waals surface area contributed by atoms with E-state index >= 15 is 0 Å². The molecule has 0 saturated heterocycles. The van der Waals surface area contributed by atoms with Gasteiger partial charge in [-0.25, -0.2) is 8.42 Å². The predicted molar refractivity (Wildman–Crippen MR) is 99.9 cm³/mol. The van der Waals surface area contributed by atoms with Gasteiger partial charge in [-0.05, 0) is 43.9 Å². The number of amides is 1. The largest absolute Gasteiger partial charge is 0.350 e. The number of hydrogen-bond acceptors (Lipinski definition) is 3. The van der Waals surface area contributed by atoms with Gasteiger partial charge in [0.2, 0.25) is 15.9 Å². The van der Waals surface area contributed by atoms with E-state index in [1.807, 2.05) is 13.8 Å². The zero-order valence-electron chi connectivity index (χ0n) is 15.2. The van der Waals surface area contributed by atoms with Crippen LogP contribution in [0.1, 0.15) is 41.0 Å². The fraction of sp³-hybridized carbons (Fsp3) is 0.588. The van der Waals surface area contributed by atoms with E-state index in [0.717, 1.165) is 17.0 Å². The summed E-state index contributed by atoms with van der Waals surface area (Å²) in [6, 6.07) is 6.44. The predicted octanol–water partition coefficient (Wildman–Crippen LogP) is 3.44. The van der Waals surface area contributed by atoms with Crippen molar-refractivity contribution < 1.29 is 13.2 Å². The lowest BCUT2D eigenvalue weighted by atomic mass is 9.82. The molecule has 136 valence electrons. The van der Waals surface area contributed by atoms with Crippen LogP contribution in [0.25, 0.3) is 0 Å². The number of rotatable bonds is 6. The van der Waals surface area contributed by atoms with E-state index in [1.165, 1.54) is 6.07 Å². The topological polar surface area (TPSA) is 66.5 Å². The summed E-state index contributed by atoms with van der Waals surface area (Å²) in [6.07, 6.45) is 1.84. The molecular formula is C17H27ClN2O3S. The van der Waals surface area contributed by atoms with E-state index in [9.17, 15) is 13.2 Å². The van der Waals surface area contributed by atoms with Crippen LogP contribution in [-0.2, 0) is 14.8 Å². The van der Waals surface area contributed by atoms with Gasteiger partial charge < -0.3 is 5.32 Å². The van der Waals surface area contributed by atoms with Gasteiger partial charge in [-0.2, -0.15) is 0 Å². The van der Waals surface area contributed by atoms with Crippen molar-refractivity contribution in [3.63, 3.8) is 0 Å². The Morgan fingerprint density at radius 3 is 2.25 bits per heavy atom. The monoisotopic (exact) mass is 374 g/mol. The van der Waals surface area contributed by atoms with Crippen LogP contribution in [0.4, 0.5) is 5.69 Å². The summed E-state index contributed by atoms with van der Waals surface area (Å²) < 4.78 is 25.2. The van der Waals surface area contributed by atoms with E-state index in [2.05, 4.69) is 26.1 Å². The summed E-state index contributed by atoms with van der Waals surface area (Å²) in [5.41, 5.74) is -0.0265. The standard InChI is InChI=1S/C17H27ClN2O3S/c1-16(2,3)12-17(4,5)19-15(21)11-20(24(6,22)23)14-9-7-8-13(18)10-14/h7-10H,11-12H2,1-6H3,(H,19,21). The Labute approximate surface area is 150 Å². The van der Waals surface area contributed by atoms with Crippen LogP contribution in [0, 0.1) is 5.41 Å². The number of benzene rings is 1. The average molecular weight is 375 g/mol. The second kappa shape index (κ2) is 7.31. The molecule has 1 aromatic carbocycles. The molecule has 0 bridgehead atoms. The molecule has 0 fully saturated rings. The van der Waals surface area contributed by atoms with E-state index in [4.69, 9.17) is 11.6 Å². The smallest absolute Gasteiger partial charge is 0.241 e. The second-order valence-corrected chi connectivity index (χ2v) is 10.3. The zero-order chi connectivity index (χ0) is 18.8. The lowest BCUT2D eigenvalue weighted by Crippen LogP contribution is -2.50. The van der Waals surface area contributed by atoms with Crippen molar-refractivity contribution in [1.82, 2.24) is 5.32 Å². The molecule has 24 heavy (non-hydrogen) atoms. The van der Waals surface area contributed by atoms with Crippen molar-refractivity contribution in [1.29, 1.82) is 0 Å². The summed E-state index contributed by atoms with van der Waals surface area (Å²) in [4.78, 5) is 12.4. The number of carbonyl (C=O) groups is 1. The maximum Gasteiger partial charge on any atom is 0.241 e. The minimum atomic E-state index is -3.61. The first-order chi connectivity index (χ1) is 10.7. The molecule has 1 aromatic rings. The van der Waals surface area contributed by atoms with Gasteiger partial charge in [0.25, 0.3) is 0 Å². The summed E-state index contributed by atoms with van der Waals surface area (Å²) in [6.45, 7) is 9.86. The highest BCUT2D eigenvalue weighted by molar-refractivity contribution is 7.92. The van der Waals surface area contributed by atoms with Gasteiger partial charge in [-0.15, -0.1) is 0 Å². The van der Waals surface area contributed by atoms with Crippen LogP contribution in [-0.4, -0.2) is 32.7 Å². The first kappa shape index (κ1) is 20.8. The van der Waals surface area contributed by atoms with Crippen molar-refractivity contribution >= 4 is 33.2 Å². The summed E-state index contributed by atoms with van der Waals surface area (Å²) in [7, 11) is -3.61. The minimum Gasteiger partial charge on any atom is -0.350 e. The van der Waals surface area contributed by atoms with Crippen LogP contribution in [0.3, 0.4) is 0 Å². The number of nitrogens with one attached hydrogen (secondary N) is 1. The van der Waals surface area contributed by atoms with Gasteiger partial charge in [-0.1, -0.05) is 38.4 Å². The third-order valence-corrected chi connectivity index (χ3v) is 4.61. The van der Waals surface area contributed by atoms with Crippen molar-refractivity contribution in [3.05, 3.63) is 29.3 Å². The number of nitrogens with zero attached hydrogens (tertiary/aromatic N) is 1. The Hall–Kier alpha value is -1.27. The molecular weight excluding hydrogens is 348 g/mol. The van der Waals surface area contributed by atoms with Crippen molar-refractivity contribution in [2.75, 3.05) is 17.1 Å². The number of anilines is 1.